The Morgan fingerprint density at radius 2 is 1.75 bits per heavy atom. The molecule has 24 heavy (non-hydrogen) atoms. The molecular weight excluding hydrogens is 300 g/mol. The first-order chi connectivity index (χ1) is 11.5. The number of anilines is 1. The fourth-order valence-corrected chi connectivity index (χ4v) is 4.08. The smallest absolute Gasteiger partial charge is 0.251 e. The summed E-state index contributed by atoms with van der Waals surface area (Å²) in [5.74, 6) is 1.37. The van der Waals surface area contributed by atoms with Gasteiger partial charge < -0.3 is 15.3 Å². The molecule has 0 spiro atoms. The van der Waals surface area contributed by atoms with Crippen LogP contribution in [0.5, 0.6) is 0 Å². The highest BCUT2D eigenvalue weighted by Crippen LogP contribution is 2.29. The van der Waals surface area contributed by atoms with Crippen molar-refractivity contribution in [1.29, 1.82) is 0 Å². The lowest BCUT2D eigenvalue weighted by molar-refractivity contribution is 0.0899. The van der Waals surface area contributed by atoms with Gasteiger partial charge in [-0.3, -0.25) is 4.79 Å². The first-order valence-corrected chi connectivity index (χ1v) is 9.37. The third-order valence-corrected chi connectivity index (χ3v) is 5.71. The quantitative estimate of drug-likeness (QED) is 0.895. The van der Waals surface area contributed by atoms with Crippen molar-refractivity contribution in [2.45, 2.75) is 58.1 Å². The number of nitrogens with one attached hydrogen (secondary N) is 1. The molecule has 1 aliphatic carbocycles. The van der Waals surface area contributed by atoms with Gasteiger partial charge in [0.1, 0.15) is 0 Å². The Morgan fingerprint density at radius 1 is 1.08 bits per heavy atom. The molecule has 2 fully saturated rings. The first kappa shape index (κ1) is 17.3. The lowest BCUT2D eigenvalue weighted by Gasteiger charge is -2.33. The molecule has 1 saturated heterocycles. The lowest BCUT2D eigenvalue weighted by atomic mass is 9.80. The molecule has 3 rings (SSSR count). The largest absolute Gasteiger partial charge is 0.393 e. The molecule has 0 bridgehead atoms. The third-order valence-electron chi connectivity index (χ3n) is 5.71. The van der Waals surface area contributed by atoms with Gasteiger partial charge in [-0.25, -0.2) is 0 Å². The summed E-state index contributed by atoms with van der Waals surface area (Å²) in [6.45, 7) is 6.30. The molecule has 2 aliphatic rings. The van der Waals surface area contributed by atoms with E-state index >= 15 is 0 Å². The van der Waals surface area contributed by atoms with E-state index < -0.39 is 0 Å². The lowest BCUT2D eigenvalue weighted by Crippen LogP contribution is -2.42. The number of piperidine rings is 1. The number of rotatable bonds is 3. The molecule has 0 aromatic heterocycles. The van der Waals surface area contributed by atoms with Crippen LogP contribution in [-0.2, 0) is 0 Å². The third kappa shape index (κ3) is 4.10. The average Bonchev–Trinajstić information content (AvgIpc) is 2.58. The van der Waals surface area contributed by atoms with Gasteiger partial charge in [0.15, 0.2) is 0 Å². The van der Waals surface area contributed by atoms with Crippen LogP contribution in [0.15, 0.2) is 24.3 Å². The van der Waals surface area contributed by atoms with E-state index in [4.69, 9.17) is 0 Å². The zero-order valence-electron chi connectivity index (χ0n) is 14.9. The minimum atomic E-state index is -0.161. The van der Waals surface area contributed by atoms with Crippen LogP contribution in [0, 0.1) is 11.8 Å². The van der Waals surface area contributed by atoms with Crippen LogP contribution in [-0.4, -0.2) is 36.2 Å². The number of benzene rings is 1. The summed E-state index contributed by atoms with van der Waals surface area (Å²) < 4.78 is 0. The van der Waals surface area contributed by atoms with E-state index in [1.165, 1.54) is 12.8 Å². The Bertz CT molecular complexity index is 549. The second-order valence-corrected chi connectivity index (χ2v) is 7.74. The maximum Gasteiger partial charge on any atom is 0.251 e. The van der Waals surface area contributed by atoms with Crippen LogP contribution in [0.3, 0.4) is 0 Å². The van der Waals surface area contributed by atoms with Gasteiger partial charge in [-0.1, -0.05) is 13.8 Å². The van der Waals surface area contributed by atoms with Crippen LogP contribution in [0.1, 0.15) is 56.3 Å². The molecule has 0 radical (unpaired) electrons. The van der Waals surface area contributed by atoms with Crippen molar-refractivity contribution in [3.8, 4) is 0 Å². The maximum atomic E-state index is 12.5. The highest BCUT2D eigenvalue weighted by molar-refractivity contribution is 5.94. The van der Waals surface area contributed by atoms with Crippen LogP contribution in [0.4, 0.5) is 5.69 Å². The van der Waals surface area contributed by atoms with E-state index in [0.717, 1.165) is 49.5 Å². The van der Waals surface area contributed by atoms with Crippen molar-refractivity contribution in [3.05, 3.63) is 29.8 Å². The van der Waals surface area contributed by atoms with E-state index in [2.05, 4.69) is 24.1 Å². The van der Waals surface area contributed by atoms with Gasteiger partial charge in [0, 0.05) is 30.4 Å². The molecule has 1 heterocycles. The molecule has 4 heteroatoms. The predicted octanol–water partition coefficient (Wildman–Crippen LogP) is 3.20. The summed E-state index contributed by atoms with van der Waals surface area (Å²) in [6, 6.07) is 8.20. The van der Waals surface area contributed by atoms with E-state index in [0.29, 0.717) is 12.0 Å². The fourth-order valence-electron chi connectivity index (χ4n) is 4.08. The number of aliphatic hydroxyl groups excluding tert-OH is 1. The van der Waals surface area contributed by atoms with E-state index in [9.17, 15) is 9.90 Å². The van der Waals surface area contributed by atoms with E-state index in [1.807, 2.05) is 24.3 Å². The molecule has 1 aromatic carbocycles. The van der Waals surface area contributed by atoms with Crippen molar-refractivity contribution in [2.75, 3.05) is 18.0 Å². The maximum absolute atomic E-state index is 12.5. The summed E-state index contributed by atoms with van der Waals surface area (Å²) in [4.78, 5) is 14.8. The van der Waals surface area contributed by atoms with Crippen LogP contribution < -0.4 is 10.2 Å². The molecule has 3 atom stereocenters. The molecule has 4 nitrogen and oxygen atoms in total. The monoisotopic (exact) mass is 330 g/mol. The van der Waals surface area contributed by atoms with Gasteiger partial charge in [0.2, 0.25) is 0 Å². The van der Waals surface area contributed by atoms with Crippen molar-refractivity contribution in [2.24, 2.45) is 11.8 Å². The molecule has 2 N–H and O–H groups in total. The van der Waals surface area contributed by atoms with Crippen LogP contribution >= 0.6 is 0 Å². The fraction of sp³-hybridized carbons (Fsp3) is 0.650. The Kier molecular flexibility index (Phi) is 5.44. The SMILES string of the molecule is CC1CCC(NC(=O)c2ccc(N3CCC(O)CC3)cc2)C(C)C1. The normalized spacial score (nSPS) is 28.6. The number of hydrogen-bond donors (Lipinski definition) is 2. The molecule has 1 aliphatic heterocycles. The number of amides is 1. The average molecular weight is 330 g/mol. The summed E-state index contributed by atoms with van der Waals surface area (Å²) >= 11 is 0. The minimum Gasteiger partial charge on any atom is -0.393 e. The highest BCUT2D eigenvalue weighted by Gasteiger charge is 2.26. The van der Waals surface area contributed by atoms with Crippen molar-refractivity contribution >= 4 is 11.6 Å². The first-order valence-electron chi connectivity index (χ1n) is 9.37. The molecule has 1 saturated carbocycles. The number of hydrogen-bond acceptors (Lipinski definition) is 3. The number of nitrogens with zero attached hydrogens (tertiary/aromatic N) is 1. The number of carbonyl (C=O) groups excluding carboxylic acids is 1. The van der Waals surface area contributed by atoms with E-state index in [1.54, 1.807) is 0 Å². The second kappa shape index (κ2) is 7.56. The zero-order chi connectivity index (χ0) is 17.1. The van der Waals surface area contributed by atoms with Crippen molar-refractivity contribution < 1.29 is 9.90 Å². The molecule has 3 unspecified atom stereocenters. The Hall–Kier alpha value is -1.55. The highest BCUT2D eigenvalue weighted by atomic mass is 16.3. The summed E-state index contributed by atoms with van der Waals surface area (Å²) in [6.07, 6.45) is 4.97. The zero-order valence-corrected chi connectivity index (χ0v) is 14.9. The van der Waals surface area contributed by atoms with Gasteiger partial charge >= 0.3 is 0 Å². The molecule has 1 aromatic rings. The van der Waals surface area contributed by atoms with Gasteiger partial charge in [-0.05, 0) is 68.2 Å². The standard InChI is InChI=1S/C20H30N2O2/c1-14-3-8-19(15(2)13-14)21-20(24)16-4-6-17(7-5-16)22-11-9-18(23)10-12-22/h4-7,14-15,18-19,23H,3,8-13H2,1-2H3,(H,21,24). The van der Waals surface area contributed by atoms with Crippen molar-refractivity contribution in [1.82, 2.24) is 5.32 Å². The second-order valence-electron chi connectivity index (χ2n) is 7.74. The Morgan fingerprint density at radius 3 is 2.38 bits per heavy atom. The molecule has 132 valence electrons. The van der Waals surface area contributed by atoms with Crippen LogP contribution in [0.2, 0.25) is 0 Å². The molecule has 1 amide bonds. The van der Waals surface area contributed by atoms with E-state index in [-0.39, 0.29) is 12.0 Å². The van der Waals surface area contributed by atoms with Gasteiger partial charge in [-0.15, -0.1) is 0 Å². The van der Waals surface area contributed by atoms with Gasteiger partial charge in [0.05, 0.1) is 6.10 Å². The Labute approximate surface area is 145 Å². The Balaban J connectivity index is 1.58. The number of aliphatic hydroxyl groups is 1. The van der Waals surface area contributed by atoms with Crippen molar-refractivity contribution in [3.63, 3.8) is 0 Å². The summed E-state index contributed by atoms with van der Waals surface area (Å²) in [7, 11) is 0. The predicted molar refractivity (Wildman–Crippen MR) is 97.3 cm³/mol. The van der Waals surface area contributed by atoms with Crippen LogP contribution in [0.25, 0.3) is 0 Å². The molecular formula is C20H30N2O2. The summed E-state index contributed by atoms with van der Waals surface area (Å²) in [5, 5.41) is 12.8. The van der Waals surface area contributed by atoms with Gasteiger partial charge in [0.25, 0.3) is 5.91 Å². The topological polar surface area (TPSA) is 52.6 Å². The number of carbonyl (C=O) groups is 1. The minimum absolute atomic E-state index is 0.0435. The van der Waals surface area contributed by atoms with Gasteiger partial charge in [-0.2, -0.15) is 0 Å². The summed E-state index contributed by atoms with van der Waals surface area (Å²) in [5.41, 5.74) is 1.87.